The van der Waals surface area contributed by atoms with Crippen LogP contribution < -0.4 is 4.81 Å². The summed E-state index contributed by atoms with van der Waals surface area (Å²) in [4.78, 5) is 2.42. The van der Waals surface area contributed by atoms with Gasteiger partial charge in [-0.25, -0.2) is 0 Å². The predicted octanol–water partition coefficient (Wildman–Crippen LogP) is 6.20. The second kappa shape index (κ2) is 13.5. The van der Waals surface area contributed by atoms with Crippen LogP contribution in [0.25, 0.3) is 0 Å². The number of hydrogen-bond donors (Lipinski definition) is 0. The van der Waals surface area contributed by atoms with Gasteiger partial charge in [-0.05, 0) is 25.7 Å². The van der Waals surface area contributed by atoms with Gasteiger partial charge < -0.3 is 9.47 Å². The molecule has 2 saturated heterocycles. The van der Waals surface area contributed by atoms with Crippen LogP contribution in [0.5, 0.6) is 0 Å². The van der Waals surface area contributed by atoms with Crippen molar-refractivity contribution in [2.75, 3.05) is 31.2 Å². The zero-order chi connectivity index (χ0) is 25.4. The van der Waals surface area contributed by atoms with Gasteiger partial charge in [0.15, 0.2) is 0 Å². The fourth-order valence-corrected chi connectivity index (χ4v) is 6.01. The Morgan fingerprint density at radius 3 is 1.54 bits per heavy atom. The van der Waals surface area contributed by atoms with Crippen molar-refractivity contribution in [3.8, 4) is 0 Å². The third-order valence-electron chi connectivity index (χ3n) is 6.64. The Kier molecular flexibility index (Phi) is 10.7. The second-order valence-corrected chi connectivity index (χ2v) is 10.5. The van der Waals surface area contributed by atoms with Crippen LogP contribution in [0, 0.1) is 27.7 Å². The average molecular weight is 539 g/mol. The number of allylic oxidation sites excluding steroid dienone is 2. The van der Waals surface area contributed by atoms with Crippen LogP contribution in [0.1, 0.15) is 61.8 Å². The SMILES string of the molecule is C1CCOC1.C1CCOC1.CC1=CC(C)=[N+](c2c(C)cccc2C)B([Se-])N1c1c(C)cccc1C. The van der Waals surface area contributed by atoms with Crippen LogP contribution in [0.15, 0.2) is 48.2 Å². The van der Waals surface area contributed by atoms with Gasteiger partial charge in [-0.1, -0.05) is 0 Å². The van der Waals surface area contributed by atoms with Crippen LogP contribution in [0.3, 0.4) is 0 Å². The Labute approximate surface area is 221 Å². The Morgan fingerprint density at radius 2 is 1.14 bits per heavy atom. The third-order valence-corrected chi connectivity index (χ3v) is 7.52. The van der Waals surface area contributed by atoms with Crippen LogP contribution >= 0.6 is 0 Å². The zero-order valence-corrected chi connectivity index (χ0v) is 24.1. The van der Waals surface area contributed by atoms with Crippen LogP contribution in [0.4, 0.5) is 11.4 Å². The summed E-state index contributed by atoms with van der Waals surface area (Å²) in [7, 11) is 0. The molecule has 5 rings (SSSR count). The number of nitrogens with zero attached hydrogens (tertiary/aromatic N) is 2. The number of ether oxygens (including phenoxy) is 2. The van der Waals surface area contributed by atoms with Crippen LogP contribution in [0.2, 0.25) is 0 Å². The second-order valence-electron chi connectivity index (χ2n) is 9.61. The van der Waals surface area contributed by atoms with E-state index in [9.17, 15) is 0 Å². The number of aryl methyl sites for hydroxylation is 4. The molecular weight excluding hydrogens is 498 g/mol. The molecule has 0 atom stereocenters. The fraction of sp³-hybridized carbons (Fsp3) is 0.483. The monoisotopic (exact) mass is 540 g/mol. The summed E-state index contributed by atoms with van der Waals surface area (Å²) in [6, 6.07) is 13.0. The van der Waals surface area contributed by atoms with E-state index >= 15 is 0 Å². The van der Waals surface area contributed by atoms with Gasteiger partial charge >= 0.3 is 160 Å². The molecule has 2 fully saturated rings. The van der Waals surface area contributed by atoms with E-state index < -0.39 is 0 Å². The molecule has 0 N–H and O–H groups in total. The predicted molar refractivity (Wildman–Crippen MR) is 150 cm³/mol. The molecule has 4 nitrogen and oxygen atoms in total. The van der Waals surface area contributed by atoms with Gasteiger partial charge in [-0.3, -0.25) is 0 Å². The van der Waals surface area contributed by atoms with Gasteiger partial charge in [-0.2, -0.15) is 0 Å². The normalized spacial score (nSPS) is 17.5. The van der Waals surface area contributed by atoms with Crippen molar-refractivity contribution in [3.63, 3.8) is 0 Å². The average Bonchev–Trinajstić information content (AvgIpc) is 3.56. The van der Waals surface area contributed by atoms with Gasteiger partial charge in [0.2, 0.25) is 0 Å². The van der Waals surface area contributed by atoms with Crippen molar-refractivity contribution in [2.45, 2.75) is 67.2 Å². The Balaban J connectivity index is 0.000000281. The van der Waals surface area contributed by atoms with Gasteiger partial charge in [0, 0.05) is 26.4 Å². The van der Waals surface area contributed by atoms with Gasteiger partial charge in [-0.15, -0.1) is 0 Å². The van der Waals surface area contributed by atoms with E-state index in [1.54, 1.807) is 0 Å². The fourth-order valence-electron chi connectivity index (χ4n) is 4.87. The first kappa shape index (κ1) is 27.7. The number of para-hydroxylation sites is 2. The van der Waals surface area contributed by atoms with Crippen molar-refractivity contribution in [2.24, 2.45) is 0 Å². The van der Waals surface area contributed by atoms with Crippen LogP contribution in [-0.4, -0.2) is 58.3 Å². The molecule has 0 unspecified atom stereocenters. The van der Waals surface area contributed by atoms with Crippen molar-refractivity contribution >= 4 is 38.7 Å². The molecule has 188 valence electrons. The molecule has 0 bridgehead atoms. The molecule has 3 heterocycles. The molecule has 0 spiro atoms. The van der Waals surface area contributed by atoms with E-state index in [1.165, 1.54) is 70.7 Å². The van der Waals surface area contributed by atoms with Gasteiger partial charge in [0.05, 0.1) is 0 Å². The quantitative estimate of drug-likeness (QED) is 0.426. The minimum absolute atomic E-state index is 0.101. The number of anilines is 1. The molecule has 3 aliphatic rings. The van der Waals surface area contributed by atoms with Gasteiger partial charge in [0.1, 0.15) is 0 Å². The van der Waals surface area contributed by atoms with Crippen molar-refractivity contribution in [1.29, 1.82) is 0 Å². The Bertz CT molecular complexity index is 993. The number of rotatable bonds is 2. The minimum atomic E-state index is 0.101. The molecule has 2 aromatic carbocycles. The molecule has 35 heavy (non-hydrogen) atoms. The molecular formula is C29H41BN2O2Se. The van der Waals surface area contributed by atoms with Crippen LogP contribution in [-0.2, 0) is 9.47 Å². The molecule has 6 heteroatoms. The third kappa shape index (κ3) is 7.10. The number of benzene rings is 2. The van der Waals surface area contributed by atoms with E-state index in [2.05, 4.69) is 109 Å². The summed E-state index contributed by atoms with van der Waals surface area (Å²) < 4.78 is 12.3. The van der Waals surface area contributed by atoms with Crippen molar-refractivity contribution in [3.05, 3.63) is 70.4 Å². The summed E-state index contributed by atoms with van der Waals surface area (Å²) in [5.74, 6) is 0.101. The van der Waals surface area contributed by atoms with E-state index in [0.29, 0.717) is 0 Å². The van der Waals surface area contributed by atoms with Crippen molar-refractivity contribution in [1.82, 2.24) is 0 Å². The first-order valence-electron chi connectivity index (χ1n) is 12.9. The van der Waals surface area contributed by atoms with E-state index in [-0.39, 0.29) is 5.80 Å². The number of hydrogen-bond acceptors (Lipinski definition) is 3. The van der Waals surface area contributed by atoms with E-state index in [1.807, 2.05) is 0 Å². The molecule has 0 aliphatic carbocycles. The first-order valence-corrected chi connectivity index (χ1v) is 13.9. The van der Waals surface area contributed by atoms with Gasteiger partial charge in [0.25, 0.3) is 0 Å². The summed E-state index contributed by atoms with van der Waals surface area (Å²) >= 11 is 3.44. The summed E-state index contributed by atoms with van der Waals surface area (Å²) in [5.41, 5.74) is 10.3. The van der Waals surface area contributed by atoms with Crippen molar-refractivity contribution < 1.29 is 14.0 Å². The van der Waals surface area contributed by atoms with E-state index in [0.717, 1.165) is 26.4 Å². The maximum atomic E-state index is 4.94. The molecule has 3 aliphatic heterocycles. The molecule has 0 saturated carbocycles. The summed E-state index contributed by atoms with van der Waals surface area (Å²) in [5, 5.41) is 0. The summed E-state index contributed by atoms with van der Waals surface area (Å²) in [6.07, 6.45) is 7.39. The zero-order valence-electron chi connectivity index (χ0n) is 22.4. The topological polar surface area (TPSA) is 24.7 Å². The Morgan fingerprint density at radius 1 is 0.714 bits per heavy atom. The molecule has 0 aromatic heterocycles. The molecule has 0 radical (unpaired) electrons. The van der Waals surface area contributed by atoms with E-state index in [4.69, 9.17) is 9.47 Å². The molecule has 2 aromatic rings. The molecule has 0 amide bonds. The Hall–Kier alpha value is -1.85. The standard InChI is InChI=1S/C21H25BN2Se.2C4H8O/c1-14-9-7-10-15(2)20(14)23-18(5)13-19(6)24(22(23)25)21-16(3)11-8-12-17(21)4;2*1-2-4-5-3-1/h7-13H,1-6H3;2*1-4H2. The maximum absolute atomic E-state index is 4.94. The summed E-state index contributed by atoms with van der Waals surface area (Å²) in [6.45, 7) is 17.2. The first-order chi connectivity index (χ1) is 16.8.